The highest BCUT2D eigenvalue weighted by molar-refractivity contribution is 7.07. The quantitative estimate of drug-likeness (QED) is 0.926. The van der Waals surface area contributed by atoms with Crippen molar-refractivity contribution < 1.29 is 9.18 Å². The van der Waals surface area contributed by atoms with Crippen LogP contribution in [0.4, 0.5) is 9.18 Å². The van der Waals surface area contributed by atoms with Crippen molar-refractivity contribution in [3.8, 4) is 0 Å². The maximum absolute atomic E-state index is 15.1. The zero-order valence-electron chi connectivity index (χ0n) is 13.0. The Labute approximate surface area is 139 Å². The molecule has 122 valence electrons. The third kappa shape index (κ3) is 3.52. The first-order valence-electron chi connectivity index (χ1n) is 7.76. The predicted octanol–water partition coefficient (Wildman–Crippen LogP) is 3.87. The summed E-state index contributed by atoms with van der Waals surface area (Å²) in [5.74, 6) is 0. The molecule has 0 spiro atoms. The maximum Gasteiger partial charge on any atom is 0.317 e. The van der Waals surface area contributed by atoms with Gasteiger partial charge in [0.25, 0.3) is 0 Å². The second kappa shape index (κ2) is 6.66. The molecule has 1 atom stereocenters. The number of amides is 2. The Hall–Kier alpha value is -1.95. The largest absolute Gasteiger partial charge is 0.330 e. The lowest BCUT2D eigenvalue weighted by molar-refractivity contribution is 0.0685. The SMILES string of the molecule is CC(NC(=O)N1CCC(F)(c2ccccc2)CC1)c1cscn1. The summed E-state index contributed by atoms with van der Waals surface area (Å²) in [6.45, 7) is 2.74. The molecule has 0 bridgehead atoms. The summed E-state index contributed by atoms with van der Waals surface area (Å²) in [4.78, 5) is 18.2. The van der Waals surface area contributed by atoms with E-state index in [1.165, 1.54) is 11.3 Å². The van der Waals surface area contributed by atoms with Crippen molar-refractivity contribution in [1.82, 2.24) is 15.2 Å². The lowest BCUT2D eigenvalue weighted by atomic mass is 9.86. The molecule has 1 fully saturated rings. The van der Waals surface area contributed by atoms with Gasteiger partial charge in [-0.2, -0.15) is 0 Å². The van der Waals surface area contributed by atoms with Crippen molar-refractivity contribution >= 4 is 17.4 Å². The van der Waals surface area contributed by atoms with Gasteiger partial charge in [-0.3, -0.25) is 0 Å². The summed E-state index contributed by atoms with van der Waals surface area (Å²) in [5.41, 5.74) is 1.97. The van der Waals surface area contributed by atoms with Crippen LogP contribution in [-0.4, -0.2) is 29.0 Å². The van der Waals surface area contributed by atoms with E-state index in [0.717, 1.165) is 5.69 Å². The van der Waals surface area contributed by atoms with Gasteiger partial charge in [0.05, 0.1) is 17.2 Å². The molecule has 3 rings (SSSR count). The Bertz CT molecular complexity index is 639. The number of hydrogen-bond acceptors (Lipinski definition) is 3. The highest BCUT2D eigenvalue weighted by Gasteiger charge is 2.37. The van der Waals surface area contributed by atoms with E-state index in [9.17, 15) is 4.79 Å². The van der Waals surface area contributed by atoms with Crippen LogP contribution in [0.25, 0.3) is 0 Å². The van der Waals surface area contributed by atoms with Crippen LogP contribution in [-0.2, 0) is 5.67 Å². The van der Waals surface area contributed by atoms with Gasteiger partial charge in [-0.1, -0.05) is 30.3 Å². The van der Waals surface area contributed by atoms with Crippen LogP contribution < -0.4 is 5.32 Å². The van der Waals surface area contributed by atoms with E-state index in [1.807, 2.05) is 42.6 Å². The zero-order valence-corrected chi connectivity index (χ0v) is 13.9. The molecule has 2 aromatic rings. The fourth-order valence-electron chi connectivity index (χ4n) is 2.88. The third-order valence-corrected chi connectivity index (χ3v) is 4.97. The van der Waals surface area contributed by atoms with Gasteiger partial charge in [0, 0.05) is 31.3 Å². The Morgan fingerprint density at radius 1 is 1.35 bits per heavy atom. The lowest BCUT2D eigenvalue weighted by Crippen LogP contribution is -2.48. The minimum absolute atomic E-state index is 0.139. The summed E-state index contributed by atoms with van der Waals surface area (Å²) in [5, 5.41) is 4.85. The number of piperidine rings is 1. The van der Waals surface area contributed by atoms with E-state index >= 15 is 4.39 Å². The number of benzene rings is 1. The van der Waals surface area contributed by atoms with Gasteiger partial charge in [-0.15, -0.1) is 11.3 Å². The fourth-order valence-corrected chi connectivity index (χ4v) is 3.52. The molecule has 2 amide bonds. The highest BCUT2D eigenvalue weighted by Crippen LogP contribution is 2.36. The normalized spacial score (nSPS) is 18.4. The van der Waals surface area contributed by atoms with Crippen molar-refractivity contribution in [1.29, 1.82) is 0 Å². The van der Waals surface area contributed by atoms with Gasteiger partial charge >= 0.3 is 6.03 Å². The first-order chi connectivity index (χ1) is 11.1. The van der Waals surface area contributed by atoms with E-state index in [-0.39, 0.29) is 12.1 Å². The molecular formula is C17H20FN3OS. The second-order valence-electron chi connectivity index (χ2n) is 5.90. The zero-order chi connectivity index (χ0) is 16.3. The first-order valence-corrected chi connectivity index (χ1v) is 8.71. The molecule has 0 radical (unpaired) electrons. The molecule has 4 nitrogen and oxygen atoms in total. The molecule has 1 aromatic carbocycles. The maximum atomic E-state index is 15.1. The van der Waals surface area contributed by atoms with Crippen LogP contribution in [0.15, 0.2) is 41.2 Å². The molecule has 0 saturated carbocycles. The highest BCUT2D eigenvalue weighted by atomic mass is 32.1. The molecule has 1 aliphatic heterocycles. The monoisotopic (exact) mass is 333 g/mol. The van der Waals surface area contributed by atoms with E-state index in [4.69, 9.17) is 0 Å². The summed E-state index contributed by atoms with van der Waals surface area (Å²) in [6, 6.07) is 8.94. The molecule has 23 heavy (non-hydrogen) atoms. The Morgan fingerprint density at radius 3 is 2.65 bits per heavy atom. The van der Waals surface area contributed by atoms with Crippen molar-refractivity contribution in [2.75, 3.05) is 13.1 Å². The molecule has 6 heteroatoms. The van der Waals surface area contributed by atoms with Gasteiger partial charge < -0.3 is 10.2 Å². The molecular weight excluding hydrogens is 313 g/mol. The predicted molar refractivity (Wildman–Crippen MR) is 89.1 cm³/mol. The standard InChI is InChI=1S/C17H20FN3OS/c1-13(15-11-23-12-19-15)20-16(22)21-9-7-17(18,8-10-21)14-5-3-2-4-6-14/h2-6,11-13H,7-10H2,1H3,(H,20,22). The number of nitrogens with one attached hydrogen (secondary N) is 1. The van der Waals surface area contributed by atoms with Gasteiger partial charge in [-0.05, 0) is 12.5 Å². The second-order valence-corrected chi connectivity index (χ2v) is 6.62. The summed E-state index contributed by atoms with van der Waals surface area (Å²) >= 11 is 1.50. The number of hydrogen-bond donors (Lipinski definition) is 1. The van der Waals surface area contributed by atoms with E-state index in [0.29, 0.717) is 31.5 Å². The Kier molecular flexibility index (Phi) is 4.61. The average molecular weight is 333 g/mol. The number of alkyl halides is 1. The van der Waals surface area contributed by atoms with Gasteiger partial charge in [0.15, 0.2) is 0 Å². The van der Waals surface area contributed by atoms with E-state index in [2.05, 4.69) is 10.3 Å². The van der Waals surface area contributed by atoms with Crippen LogP contribution in [0.2, 0.25) is 0 Å². The topological polar surface area (TPSA) is 45.2 Å². The van der Waals surface area contributed by atoms with E-state index < -0.39 is 5.67 Å². The van der Waals surface area contributed by atoms with Crippen molar-refractivity contribution in [3.05, 3.63) is 52.5 Å². The molecule has 1 saturated heterocycles. The third-order valence-electron chi connectivity index (χ3n) is 4.37. The number of carbonyl (C=O) groups excluding carboxylic acids is 1. The number of urea groups is 1. The number of nitrogens with zero attached hydrogens (tertiary/aromatic N) is 2. The van der Waals surface area contributed by atoms with Crippen molar-refractivity contribution in [2.24, 2.45) is 0 Å². The lowest BCUT2D eigenvalue weighted by Gasteiger charge is -2.37. The number of likely N-dealkylation sites (tertiary alicyclic amines) is 1. The van der Waals surface area contributed by atoms with Crippen molar-refractivity contribution in [3.63, 3.8) is 0 Å². The van der Waals surface area contributed by atoms with Crippen LogP contribution >= 0.6 is 11.3 Å². The smallest absolute Gasteiger partial charge is 0.317 e. The van der Waals surface area contributed by atoms with Crippen LogP contribution in [0.3, 0.4) is 0 Å². The minimum atomic E-state index is -1.33. The number of rotatable bonds is 3. The summed E-state index contributed by atoms with van der Waals surface area (Å²) in [7, 11) is 0. The van der Waals surface area contributed by atoms with Crippen LogP contribution in [0, 0.1) is 0 Å². The number of thiazole rings is 1. The molecule has 1 aromatic heterocycles. The molecule has 1 N–H and O–H groups in total. The van der Waals surface area contributed by atoms with E-state index in [1.54, 1.807) is 10.4 Å². The minimum Gasteiger partial charge on any atom is -0.330 e. The molecule has 1 unspecified atom stereocenters. The summed E-state index contributed by atoms with van der Waals surface area (Å²) in [6.07, 6.45) is 0.658. The van der Waals surface area contributed by atoms with Gasteiger partial charge in [0.2, 0.25) is 0 Å². The molecule has 0 aliphatic carbocycles. The Balaban J connectivity index is 1.57. The number of carbonyl (C=O) groups is 1. The first kappa shape index (κ1) is 15.9. The van der Waals surface area contributed by atoms with Crippen LogP contribution in [0.5, 0.6) is 0 Å². The fraction of sp³-hybridized carbons (Fsp3) is 0.412. The Morgan fingerprint density at radius 2 is 2.04 bits per heavy atom. The number of aromatic nitrogens is 1. The van der Waals surface area contributed by atoms with Gasteiger partial charge in [0.1, 0.15) is 5.67 Å². The molecule has 2 heterocycles. The van der Waals surface area contributed by atoms with Gasteiger partial charge in [-0.25, -0.2) is 14.2 Å². The number of halogens is 1. The average Bonchev–Trinajstić information content (AvgIpc) is 3.11. The molecule has 1 aliphatic rings. The van der Waals surface area contributed by atoms with Crippen LogP contribution in [0.1, 0.15) is 37.1 Å². The van der Waals surface area contributed by atoms with Crippen molar-refractivity contribution in [2.45, 2.75) is 31.5 Å². The summed E-state index contributed by atoms with van der Waals surface area (Å²) < 4.78 is 15.1.